The zero-order chi connectivity index (χ0) is 10.7. The minimum Gasteiger partial charge on any atom is -0.396 e. The van der Waals surface area contributed by atoms with Crippen LogP contribution in [0.2, 0.25) is 0 Å². The summed E-state index contributed by atoms with van der Waals surface area (Å²) in [6.07, 6.45) is 1.97. The van der Waals surface area contributed by atoms with Crippen LogP contribution in [0.3, 0.4) is 0 Å². The smallest absolute Gasteiger partial charge is 0.123 e. The molecule has 15 heavy (non-hydrogen) atoms. The largest absolute Gasteiger partial charge is 0.396 e. The van der Waals surface area contributed by atoms with Crippen LogP contribution in [0, 0.1) is 11.7 Å². The van der Waals surface area contributed by atoms with Gasteiger partial charge < -0.3 is 10.4 Å². The highest BCUT2D eigenvalue weighted by molar-refractivity contribution is 5.20. The van der Waals surface area contributed by atoms with Gasteiger partial charge in [0, 0.05) is 19.2 Å². The number of aliphatic hydroxyl groups is 1. The van der Waals surface area contributed by atoms with E-state index in [2.05, 4.69) is 5.32 Å². The second-order valence-electron chi connectivity index (χ2n) is 4.14. The van der Waals surface area contributed by atoms with Crippen molar-refractivity contribution in [3.05, 3.63) is 35.6 Å². The molecule has 2 atom stereocenters. The molecule has 0 bridgehead atoms. The van der Waals surface area contributed by atoms with Crippen LogP contribution in [0.1, 0.15) is 24.4 Å². The molecule has 0 aliphatic carbocycles. The van der Waals surface area contributed by atoms with Gasteiger partial charge in [-0.25, -0.2) is 4.39 Å². The first kappa shape index (κ1) is 10.6. The fourth-order valence-electron chi connectivity index (χ4n) is 2.08. The third-order valence-electron chi connectivity index (χ3n) is 3.03. The lowest BCUT2D eigenvalue weighted by Gasteiger charge is -2.29. The Morgan fingerprint density at radius 1 is 1.40 bits per heavy atom. The molecule has 2 rings (SSSR count). The van der Waals surface area contributed by atoms with Gasteiger partial charge in [0.2, 0.25) is 0 Å². The van der Waals surface area contributed by atoms with Gasteiger partial charge in [-0.15, -0.1) is 0 Å². The number of aliphatic hydroxyl groups excluding tert-OH is 1. The van der Waals surface area contributed by atoms with Crippen LogP contribution >= 0.6 is 0 Å². The summed E-state index contributed by atoms with van der Waals surface area (Å²) >= 11 is 0. The van der Waals surface area contributed by atoms with Crippen molar-refractivity contribution >= 4 is 0 Å². The van der Waals surface area contributed by atoms with Crippen LogP contribution in [0.4, 0.5) is 4.39 Å². The Hall–Kier alpha value is -0.930. The number of benzene rings is 1. The molecule has 1 heterocycles. The molecule has 0 aromatic heterocycles. The summed E-state index contributed by atoms with van der Waals surface area (Å²) < 4.78 is 13.0. The number of rotatable bonds is 2. The Balaban J connectivity index is 2.01. The molecule has 0 amide bonds. The fourth-order valence-corrected chi connectivity index (χ4v) is 2.08. The molecule has 0 saturated carbocycles. The van der Waals surface area contributed by atoms with Crippen molar-refractivity contribution < 1.29 is 9.50 Å². The van der Waals surface area contributed by atoms with E-state index in [1.165, 1.54) is 6.07 Å². The van der Waals surface area contributed by atoms with Gasteiger partial charge in [0.1, 0.15) is 5.82 Å². The van der Waals surface area contributed by atoms with Gasteiger partial charge in [-0.05, 0) is 36.5 Å². The molecule has 1 aromatic rings. The summed E-state index contributed by atoms with van der Waals surface area (Å²) in [7, 11) is 0. The molecule has 3 heteroatoms. The van der Waals surface area contributed by atoms with Crippen LogP contribution in [0.25, 0.3) is 0 Å². The van der Waals surface area contributed by atoms with Crippen molar-refractivity contribution in [1.82, 2.24) is 5.32 Å². The number of nitrogens with one attached hydrogen (secondary N) is 1. The van der Waals surface area contributed by atoms with E-state index in [-0.39, 0.29) is 18.5 Å². The van der Waals surface area contributed by atoms with E-state index in [9.17, 15) is 4.39 Å². The molecule has 1 saturated heterocycles. The van der Waals surface area contributed by atoms with Crippen LogP contribution in [0.5, 0.6) is 0 Å². The normalized spacial score (nSPS) is 26.5. The molecule has 1 fully saturated rings. The summed E-state index contributed by atoms with van der Waals surface area (Å²) in [6, 6.07) is 6.97. The lowest BCUT2D eigenvalue weighted by atomic mass is 9.91. The zero-order valence-corrected chi connectivity index (χ0v) is 8.62. The predicted octanol–water partition coefficient (Wildman–Crippen LogP) is 1.86. The third-order valence-corrected chi connectivity index (χ3v) is 3.03. The summed E-state index contributed by atoms with van der Waals surface area (Å²) in [6.45, 7) is 1.06. The number of halogens is 1. The van der Waals surface area contributed by atoms with Gasteiger partial charge in [-0.2, -0.15) is 0 Å². The van der Waals surface area contributed by atoms with Crippen molar-refractivity contribution in [2.24, 2.45) is 5.92 Å². The lowest BCUT2D eigenvalue weighted by molar-refractivity contribution is 0.184. The van der Waals surface area contributed by atoms with E-state index in [4.69, 9.17) is 5.11 Å². The fraction of sp³-hybridized carbons (Fsp3) is 0.500. The third kappa shape index (κ3) is 2.55. The Labute approximate surface area is 89.1 Å². The van der Waals surface area contributed by atoms with E-state index >= 15 is 0 Å². The minimum absolute atomic E-state index is 0.182. The second kappa shape index (κ2) is 4.73. The number of piperidine rings is 1. The Morgan fingerprint density at radius 2 is 2.27 bits per heavy atom. The van der Waals surface area contributed by atoms with Gasteiger partial charge in [0.25, 0.3) is 0 Å². The summed E-state index contributed by atoms with van der Waals surface area (Å²) in [5.74, 6) is 0.174. The molecule has 0 spiro atoms. The topological polar surface area (TPSA) is 32.3 Å². The molecule has 2 unspecified atom stereocenters. The first-order valence-electron chi connectivity index (χ1n) is 5.39. The summed E-state index contributed by atoms with van der Waals surface area (Å²) in [5, 5.41) is 12.3. The Morgan fingerprint density at radius 3 is 2.87 bits per heavy atom. The van der Waals surface area contributed by atoms with Crippen LogP contribution in [-0.4, -0.2) is 18.3 Å². The van der Waals surface area contributed by atoms with Crippen molar-refractivity contribution in [1.29, 1.82) is 0 Å². The van der Waals surface area contributed by atoms with Gasteiger partial charge in [-0.3, -0.25) is 0 Å². The highest BCUT2D eigenvalue weighted by atomic mass is 19.1. The van der Waals surface area contributed by atoms with E-state index in [1.54, 1.807) is 12.1 Å². The molecule has 1 aromatic carbocycles. The highest BCUT2D eigenvalue weighted by Crippen LogP contribution is 2.25. The molecule has 2 N–H and O–H groups in total. The van der Waals surface area contributed by atoms with Crippen molar-refractivity contribution in [2.75, 3.05) is 13.2 Å². The van der Waals surface area contributed by atoms with E-state index in [1.807, 2.05) is 6.07 Å². The summed E-state index contributed by atoms with van der Waals surface area (Å²) in [5.41, 5.74) is 1.01. The van der Waals surface area contributed by atoms with Crippen LogP contribution in [-0.2, 0) is 0 Å². The van der Waals surface area contributed by atoms with Gasteiger partial charge in [-0.1, -0.05) is 12.1 Å². The van der Waals surface area contributed by atoms with Crippen molar-refractivity contribution in [2.45, 2.75) is 18.9 Å². The first-order valence-corrected chi connectivity index (χ1v) is 5.39. The molecule has 2 nitrogen and oxygen atoms in total. The maximum absolute atomic E-state index is 13.0. The maximum Gasteiger partial charge on any atom is 0.123 e. The average molecular weight is 209 g/mol. The van der Waals surface area contributed by atoms with E-state index < -0.39 is 0 Å². The molecule has 0 radical (unpaired) electrons. The highest BCUT2D eigenvalue weighted by Gasteiger charge is 2.20. The quantitative estimate of drug-likeness (QED) is 0.779. The number of hydrogen-bond donors (Lipinski definition) is 2. The molecular formula is C12H16FNO. The Bertz CT molecular complexity index is 321. The maximum atomic E-state index is 13.0. The molecule has 82 valence electrons. The van der Waals surface area contributed by atoms with E-state index in [0.717, 1.165) is 24.9 Å². The van der Waals surface area contributed by atoms with Gasteiger partial charge >= 0.3 is 0 Å². The average Bonchev–Trinajstić information content (AvgIpc) is 2.29. The van der Waals surface area contributed by atoms with Crippen LogP contribution in [0.15, 0.2) is 24.3 Å². The molecular weight excluding hydrogens is 193 g/mol. The predicted molar refractivity (Wildman–Crippen MR) is 57.0 cm³/mol. The standard InChI is InChI=1S/C12H16FNO/c13-11-3-1-2-10(6-11)12-5-4-9(8-15)7-14-12/h1-3,6,9,12,14-15H,4-5,7-8H2. The molecule has 1 aliphatic heterocycles. The van der Waals surface area contributed by atoms with E-state index in [0.29, 0.717) is 5.92 Å². The van der Waals surface area contributed by atoms with Crippen molar-refractivity contribution in [3.8, 4) is 0 Å². The first-order chi connectivity index (χ1) is 7.29. The number of hydrogen-bond acceptors (Lipinski definition) is 2. The van der Waals surface area contributed by atoms with Gasteiger partial charge in [0.15, 0.2) is 0 Å². The lowest BCUT2D eigenvalue weighted by Crippen LogP contribution is -2.34. The zero-order valence-electron chi connectivity index (χ0n) is 8.62. The van der Waals surface area contributed by atoms with Crippen molar-refractivity contribution in [3.63, 3.8) is 0 Å². The Kier molecular flexibility index (Phi) is 3.34. The second-order valence-corrected chi connectivity index (χ2v) is 4.14. The monoisotopic (exact) mass is 209 g/mol. The molecule has 1 aliphatic rings. The summed E-state index contributed by atoms with van der Waals surface area (Å²) in [4.78, 5) is 0. The minimum atomic E-state index is -0.182. The van der Waals surface area contributed by atoms with Gasteiger partial charge in [0.05, 0.1) is 0 Å². The SMILES string of the molecule is OCC1CCC(c2cccc(F)c2)NC1. The van der Waals surface area contributed by atoms with Crippen LogP contribution < -0.4 is 5.32 Å².